The van der Waals surface area contributed by atoms with Gasteiger partial charge in [0.15, 0.2) is 0 Å². The highest BCUT2D eigenvalue weighted by molar-refractivity contribution is 6.04. The Morgan fingerprint density at radius 1 is 1.08 bits per heavy atom. The summed E-state index contributed by atoms with van der Waals surface area (Å²) in [6.45, 7) is 0. The van der Waals surface area contributed by atoms with Crippen LogP contribution in [-0.4, -0.2) is 20.9 Å². The van der Waals surface area contributed by atoms with Crippen molar-refractivity contribution in [2.45, 2.75) is 0 Å². The first-order valence-electron chi connectivity index (χ1n) is 6.96. The van der Waals surface area contributed by atoms with Crippen LogP contribution >= 0.6 is 0 Å². The van der Waals surface area contributed by atoms with Crippen LogP contribution in [0.25, 0.3) is 0 Å². The summed E-state index contributed by atoms with van der Waals surface area (Å²) in [6.07, 6.45) is 6.04. The fourth-order valence-electron chi connectivity index (χ4n) is 1.90. The van der Waals surface area contributed by atoms with Crippen molar-refractivity contribution in [2.24, 2.45) is 0 Å². The summed E-state index contributed by atoms with van der Waals surface area (Å²) in [6, 6.07) is 11.9. The molecule has 2 heterocycles. The van der Waals surface area contributed by atoms with Crippen LogP contribution in [0, 0.1) is 11.3 Å². The first kappa shape index (κ1) is 15.1. The summed E-state index contributed by atoms with van der Waals surface area (Å²) < 4.78 is 5.52. The molecule has 0 unspecified atom stereocenters. The van der Waals surface area contributed by atoms with Gasteiger partial charge in [-0.2, -0.15) is 5.26 Å². The van der Waals surface area contributed by atoms with Crippen LogP contribution in [0.3, 0.4) is 0 Å². The van der Waals surface area contributed by atoms with E-state index in [1.807, 2.05) is 6.07 Å². The molecule has 0 radical (unpaired) electrons. The van der Waals surface area contributed by atoms with Gasteiger partial charge in [0.1, 0.15) is 11.8 Å². The van der Waals surface area contributed by atoms with Crippen LogP contribution in [0.5, 0.6) is 11.6 Å². The lowest BCUT2D eigenvalue weighted by atomic mass is 10.2. The highest BCUT2D eigenvalue weighted by Gasteiger charge is 2.09. The highest BCUT2D eigenvalue weighted by Crippen LogP contribution is 2.21. The van der Waals surface area contributed by atoms with Crippen LogP contribution in [0.15, 0.2) is 61.2 Å². The number of hydrogen-bond acceptors (Lipinski definition) is 6. The molecule has 0 atom stereocenters. The van der Waals surface area contributed by atoms with E-state index in [0.717, 1.165) is 0 Å². The molecule has 0 aliphatic rings. The second kappa shape index (κ2) is 6.98. The molecule has 24 heavy (non-hydrogen) atoms. The van der Waals surface area contributed by atoms with Crippen molar-refractivity contribution in [1.29, 1.82) is 5.26 Å². The monoisotopic (exact) mass is 317 g/mol. The van der Waals surface area contributed by atoms with E-state index in [0.29, 0.717) is 17.0 Å². The zero-order chi connectivity index (χ0) is 16.8. The number of carbonyl (C=O) groups is 1. The summed E-state index contributed by atoms with van der Waals surface area (Å²) in [4.78, 5) is 23.9. The maximum absolute atomic E-state index is 12.1. The number of anilines is 1. The first-order chi connectivity index (χ1) is 11.8. The number of amides is 1. The first-order valence-corrected chi connectivity index (χ1v) is 6.96. The van der Waals surface area contributed by atoms with E-state index in [1.54, 1.807) is 48.8 Å². The number of ether oxygens (including phenoxy) is 1. The molecule has 1 amide bonds. The van der Waals surface area contributed by atoms with Crippen LogP contribution in [-0.2, 0) is 0 Å². The quantitative estimate of drug-likeness (QED) is 0.794. The number of aromatic nitrogens is 3. The molecule has 0 fully saturated rings. The average Bonchev–Trinajstić information content (AvgIpc) is 2.63. The third-order valence-electron chi connectivity index (χ3n) is 3.02. The van der Waals surface area contributed by atoms with Crippen molar-refractivity contribution in [3.05, 3.63) is 72.4 Å². The minimum atomic E-state index is -0.258. The molecule has 0 aliphatic heterocycles. The standard InChI is InChI=1S/C17H11N5O2/c18-10-15-17(21-9-8-20-15)24-14-5-3-12(4-6-14)16(23)22-13-2-1-7-19-11-13/h1-9,11H,(H,22,23). The molecular formula is C17H11N5O2. The highest BCUT2D eigenvalue weighted by atomic mass is 16.5. The number of pyridine rings is 1. The molecule has 3 rings (SSSR count). The minimum Gasteiger partial charge on any atom is -0.437 e. The summed E-state index contributed by atoms with van der Waals surface area (Å²) in [7, 11) is 0. The van der Waals surface area contributed by atoms with E-state index in [-0.39, 0.29) is 17.5 Å². The molecule has 1 aromatic carbocycles. The number of nitriles is 1. The SMILES string of the molecule is N#Cc1nccnc1Oc1ccc(C(=O)Nc2cccnc2)cc1. The van der Waals surface area contributed by atoms with E-state index in [1.165, 1.54) is 12.4 Å². The molecule has 116 valence electrons. The maximum atomic E-state index is 12.1. The Morgan fingerprint density at radius 2 is 1.88 bits per heavy atom. The smallest absolute Gasteiger partial charge is 0.256 e. The van der Waals surface area contributed by atoms with Gasteiger partial charge >= 0.3 is 0 Å². The fraction of sp³-hybridized carbons (Fsp3) is 0. The summed E-state index contributed by atoms with van der Waals surface area (Å²) in [5.41, 5.74) is 1.17. The maximum Gasteiger partial charge on any atom is 0.256 e. The number of nitrogens with zero attached hydrogens (tertiary/aromatic N) is 4. The summed E-state index contributed by atoms with van der Waals surface area (Å²) in [5, 5.41) is 11.7. The molecule has 3 aromatic rings. The predicted molar refractivity (Wildman–Crippen MR) is 85.5 cm³/mol. The Morgan fingerprint density at radius 3 is 2.58 bits per heavy atom. The van der Waals surface area contributed by atoms with E-state index in [4.69, 9.17) is 10.00 Å². The van der Waals surface area contributed by atoms with Gasteiger partial charge in [-0.1, -0.05) is 0 Å². The molecule has 2 aromatic heterocycles. The lowest BCUT2D eigenvalue weighted by molar-refractivity contribution is 0.102. The average molecular weight is 317 g/mol. The van der Waals surface area contributed by atoms with Crippen molar-refractivity contribution >= 4 is 11.6 Å². The number of carbonyl (C=O) groups excluding carboxylic acids is 1. The molecule has 7 nitrogen and oxygen atoms in total. The van der Waals surface area contributed by atoms with E-state index >= 15 is 0 Å². The number of nitrogens with one attached hydrogen (secondary N) is 1. The van der Waals surface area contributed by atoms with Gasteiger partial charge in [-0.15, -0.1) is 0 Å². The number of rotatable bonds is 4. The van der Waals surface area contributed by atoms with Crippen LogP contribution < -0.4 is 10.1 Å². The van der Waals surface area contributed by atoms with Gasteiger partial charge < -0.3 is 10.1 Å². The van der Waals surface area contributed by atoms with E-state index < -0.39 is 0 Å². The second-order valence-electron chi connectivity index (χ2n) is 4.64. The molecule has 0 spiro atoms. The Bertz CT molecular complexity index is 889. The van der Waals surface area contributed by atoms with Gasteiger partial charge in [0.2, 0.25) is 5.69 Å². The van der Waals surface area contributed by atoms with Gasteiger partial charge in [-0.3, -0.25) is 9.78 Å². The molecule has 1 N–H and O–H groups in total. The van der Waals surface area contributed by atoms with Gasteiger partial charge in [-0.05, 0) is 36.4 Å². The Balaban J connectivity index is 1.71. The molecule has 0 saturated carbocycles. The fourth-order valence-corrected chi connectivity index (χ4v) is 1.90. The zero-order valence-electron chi connectivity index (χ0n) is 12.4. The van der Waals surface area contributed by atoms with Crippen molar-refractivity contribution in [1.82, 2.24) is 15.0 Å². The van der Waals surface area contributed by atoms with Gasteiger partial charge in [0.25, 0.3) is 11.8 Å². The molecular weight excluding hydrogens is 306 g/mol. The number of benzene rings is 1. The lowest BCUT2D eigenvalue weighted by Crippen LogP contribution is -2.11. The van der Waals surface area contributed by atoms with Gasteiger partial charge in [0, 0.05) is 24.2 Å². The Kier molecular flexibility index (Phi) is 4.40. The van der Waals surface area contributed by atoms with E-state index in [2.05, 4.69) is 20.3 Å². The topological polar surface area (TPSA) is 101 Å². The van der Waals surface area contributed by atoms with Crippen LogP contribution in [0.2, 0.25) is 0 Å². The molecule has 0 aliphatic carbocycles. The normalized spacial score (nSPS) is 9.79. The Hall–Kier alpha value is -3.79. The second-order valence-corrected chi connectivity index (χ2v) is 4.64. The third kappa shape index (κ3) is 3.51. The minimum absolute atomic E-state index is 0.0934. The third-order valence-corrected chi connectivity index (χ3v) is 3.02. The zero-order valence-corrected chi connectivity index (χ0v) is 12.4. The van der Waals surface area contributed by atoms with Crippen molar-refractivity contribution in [2.75, 3.05) is 5.32 Å². The lowest BCUT2D eigenvalue weighted by Gasteiger charge is -2.07. The van der Waals surface area contributed by atoms with Crippen molar-refractivity contribution in [3.63, 3.8) is 0 Å². The van der Waals surface area contributed by atoms with Crippen molar-refractivity contribution < 1.29 is 9.53 Å². The van der Waals surface area contributed by atoms with Crippen LogP contribution in [0.1, 0.15) is 16.1 Å². The van der Waals surface area contributed by atoms with Gasteiger partial charge in [-0.25, -0.2) is 9.97 Å². The Labute approximate surface area is 137 Å². The van der Waals surface area contributed by atoms with Crippen LogP contribution in [0.4, 0.5) is 5.69 Å². The summed E-state index contributed by atoms with van der Waals surface area (Å²) in [5.74, 6) is 0.309. The molecule has 7 heteroatoms. The van der Waals surface area contributed by atoms with Crippen molar-refractivity contribution in [3.8, 4) is 17.7 Å². The largest absolute Gasteiger partial charge is 0.437 e. The van der Waals surface area contributed by atoms with Gasteiger partial charge in [0.05, 0.1) is 11.9 Å². The molecule has 0 saturated heterocycles. The summed E-state index contributed by atoms with van der Waals surface area (Å²) >= 11 is 0. The molecule has 0 bridgehead atoms. The number of hydrogen-bond donors (Lipinski definition) is 1. The predicted octanol–water partition coefficient (Wildman–Crippen LogP) is 2.79. The van der Waals surface area contributed by atoms with E-state index in [9.17, 15) is 4.79 Å².